The van der Waals surface area contributed by atoms with Gasteiger partial charge in [-0.2, -0.15) is 14.9 Å². The van der Waals surface area contributed by atoms with Crippen LogP contribution in [0.1, 0.15) is 37.1 Å². The minimum Gasteiger partial charge on any atom is -0.390 e. The van der Waals surface area contributed by atoms with Crippen LogP contribution in [0.15, 0.2) is 6.20 Å². The van der Waals surface area contributed by atoms with E-state index < -0.39 is 0 Å². The molecule has 104 valence electrons. The Labute approximate surface area is 117 Å². The molecule has 0 bridgehead atoms. The van der Waals surface area contributed by atoms with Crippen molar-refractivity contribution in [1.82, 2.24) is 14.6 Å². The number of aromatic nitrogens is 3. The molecule has 1 N–H and O–H groups in total. The van der Waals surface area contributed by atoms with Crippen LogP contribution in [0.4, 0.5) is 5.82 Å². The molecule has 2 aromatic rings. The Bertz CT molecular complexity index is 700. The zero-order valence-corrected chi connectivity index (χ0v) is 11.7. The summed E-state index contributed by atoms with van der Waals surface area (Å²) >= 11 is 0. The van der Waals surface area contributed by atoms with Crippen LogP contribution in [0.25, 0.3) is 5.65 Å². The summed E-state index contributed by atoms with van der Waals surface area (Å²) in [6, 6.07) is 2.50. The standard InChI is InChI=1S/C14H17N5O/c1-3-9(2)18-5-4-11-12(8-20)17-13-10(6-15)7-16-19(13)14(11)18/h7,9,20H,3-5,8H2,1-2H3. The van der Waals surface area contributed by atoms with E-state index in [1.165, 1.54) is 6.20 Å². The van der Waals surface area contributed by atoms with Gasteiger partial charge in [0.2, 0.25) is 0 Å². The van der Waals surface area contributed by atoms with Gasteiger partial charge in [-0.1, -0.05) is 6.92 Å². The fourth-order valence-electron chi connectivity index (χ4n) is 2.81. The van der Waals surface area contributed by atoms with Crippen LogP contribution >= 0.6 is 0 Å². The molecule has 0 spiro atoms. The Kier molecular flexibility index (Phi) is 3.07. The molecular weight excluding hydrogens is 254 g/mol. The highest BCUT2D eigenvalue weighted by Crippen LogP contribution is 2.33. The summed E-state index contributed by atoms with van der Waals surface area (Å²) in [5, 5.41) is 23.0. The van der Waals surface area contributed by atoms with Crippen LogP contribution < -0.4 is 4.90 Å². The molecular formula is C14H17N5O. The summed E-state index contributed by atoms with van der Waals surface area (Å²) in [5.41, 5.74) is 2.69. The van der Waals surface area contributed by atoms with Crippen LogP contribution in [0.2, 0.25) is 0 Å². The lowest BCUT2D eigenvalue weighted by Gasteiger charge is -2.26. The van der Waals surface area contributed by atoms with Gasteiger partial charge in [-0.15, -0.1) is 0 Å². The average molecular weight is 271 g/mol. The number of nitriles is 1. The Morgan fingerprint density at radius 3 is 3.00 bits per heavy atom. The number of hydrogen-bond acceptors (Lipinski definition) is 5. The number of anilines is 1. The second-order valence-corrected chi connectivity index (χ2v) is 5.12. The van der Waals surface area contributed by atoms with Crippen molar-refractivity contribution in [2.75, 3.05) is 11.4 Å². The molecule has 20 heavy (non-hydrogen) atoms. The number of rotatable bonds is 3. The first-order valence-electron chi connectivity index (χ1n) is 6.88. The Balaban J connectivity index is 2.29. The molecule has 3 rings (SSSR count). The molecule has 0 aromatic carbocycles. The normalized spacial score (nSPS) is 15.4. The molecule has 1 aliphatic heterocycles. The van der Waals surface area contributed by atoms with E-state index in [2.05, 4.69) is 34.9 Å². The van der Waals surface area contributed by atoms with Crippen molar-refractivity contribution in [1.29, 1.82) is 5.26 Å². The number of nitrogens with zero attached hydrogens (tertiary/aromatic N) is 5. The lowest BCUT2D eigenvalue weighted by Crippen LogP contribution is -2.32. The molecule has 0 aliphatic carbocycles. The first kappa shape index (κ1) is 12.9. The number of hydrogen-bond donors (Lipinski definition) is 1. The minimum absolute atomic E-state index is 0.108. The Hall–Kier alpha value is -2.13. The Morgan fingerprint density at radius 2 is 2.35 bits per heavy atom. The van der Waals surface area contributed by atoms with Crippen LogP contribution in [0, 0.1) is 11.3 Å². The van der Waals surface area contributed by atoms with Gasteiger partial charge in [0.25, 0.3) is 0 Å². The van der Waals surface area contributed by atoms with Crippen molar-refractivity contribution in [3.05, 3.63) is 23.0 Å². The van der Waals surface area contributed by atoms with Crippen molar-refractivity contribution in [3.63, 3.8) is 0 Å². The van der Waals surface area contributed by atoms with E-state index in [1.54, 1.807) is 4.52 Å². The molecule has 6 heteroatoms. The molecule has 0 saturated carbocycles. The summed E-state index contributed by atoms with van der Waals surface area (Å²) in [7, 11) is 0. The van der Waals surface area contributed by atoms with E-state index in [4.69, 9.17) is 5.26 Å². The fraction of sp³-hybridized carbons (Fsp3) is 0.500. The average Bonchev–Trinajstić information content (AvgIpc) is 3.08. The third-order valence-corrected chi connectivity index (χ3v) is 4.07. The second kappa shape index (κ2) is 4.76. The van der Waals surface area contributed by atoms with Crippen molar-refractivity contribution >= 4 is 11.5 Å². The predicted molar refractivity (Wildman–Crippen MR) is 74.4 cm³/mol. The highest BCUT2D eigenvalue weighted by molar-refractivity contribution is 5.65. The monoisotopic (exact) mass is 271 g/mol. The lowest BCUT2D eigenvalue weighted by molar-refractivity contribution is 0.276. The molecule has 3 heterocycles. The molecule has 1 unspecified atom stereocenters. The first-order valence-corrected chi connectivity index (χ1v) is 6.88. The first-order chi connectivity index (χ1) is 9.71. The maximum absolute atomic E-state index is 9.55. The van der Waals surface area contributed by atoms with E-state index in [9.17, 15) is 5.11 Å². The summed E-state index contributed by atoms with van der Waals surface area (Å²) in [6.07, 6.45) is 3.43. The van der Waals surface area contributed by atoms with E-state index >= 15 is 0 Å². The molecule has 6 nitrogen and oxygen atoms in total. The molecule has 0 radical (unpaired) electrons. The highest BCUT2D eigenvalue weighted by atomic mass is 16.3. The van der Waals surface area contributed by atoms with Gasteiger partial charge in [0.05, 0.1) is 18.5 Å². The topological polar surface area (TPSA) is 77.4 Å². The van der Waals surface area contributed by atoms with Gasteiger partial charge in [0.1, 0.15) is 17.5 Å². The third-order valence-electron chi connectivity index (χ3n) is 4.07. The van der Waals surface area contributed by atoms with Crippen LogP contribution in [-0.2, 0) is 13.0 Å². The second-order valence-electron chi connectivity index (χ2n) is 5.12. The fourth-order valence-corrected chi connectivity index (χ4v) is 2.81. The summed E-state index contributed by atoms with van der Waals surface area (Å²) in [5.74, 6) is 0.981. The quantitative estimate of drug-likeness (QED) is 0.909. The smallest absolute Gasteiger partial charge is 0.175 e. The van der Waals surface area contributed by atoms with Crippen LogP contribution in [0.5, 0.6) is 0 Å². The van der Waals surface area contributed by atoms with Crippen molar-refractivity contribution < 1.29 is 5.11 Å². The molecule has 1 atom stereocenters. The summed E-state index contributed by atoms with van der Waals surface area (Å²) in [4.78, 5) is 6.71. The van der Waals surface area contributed by atoms with Gasteiger partial charge < -0.3 is 10.0 Å². The van der Waals surface area contributed by atoms with Gasteiger partial charge >= 0.3 is 0 Å². The van der Waals surface area contributed by atoms with Gasteiger partial charge in [-0.05, 0) is 19.8 Å². The Morgan fingerprint density at radius 1 is 1.55 bits per heavy atom. The maximum Gasteiger partial charge on any atom is 0.175 e. The van der Waals surface area contributed by atoms with Crippen molar-refractivity contribution in [2.24, 2.45) is 0 Å². The van der Waals surface area contributed by atoms with Crippen LogP contribution in [0.3, 0.4) is 0 Å². The molecule has 0 fully saturated rings. The van der Waals surface area contributed by atoms with E-state index in [1.807, 2.05) is 0 Å². The van der Waals surface area contributed by atoms with Gasteiger partial charge in [0.15, 0.2) is 5.65 Å². The zero-order chi connectivity index (χ0) is 14.3. The summed E-state index contributed by atoms with van der Waals surface area (Å²) < 4.78 is 1.74. The number of fused-ring (bicyclic) bond motifs is 3. The highest BCUT2D eigenvalue weighted by Gasteiger charge is 2.29. The zero-order valence-electron chi connectivity index (χ0n) is 11.7. The molecule has 1 aliphatic rings. The van der Waals surface area contributed by atoms with Crippen molar-refractivity contribution in [3.8, 4) is 6.07 Å². The number of aliphatic hydroxyl groups excluding tert-OH is 1. The van der Waals surface area contributed by atoms with Gasteiger partial charge in [-0.25, -0.2) is 4.98 Å². The van der Waals surface area contributed by atoms with E-state index in [0.717, 1.165) is 30.8 Å². The summed E-state index contributed by atoms with van der Waals surface area (Å²) in [6.45, 7) is 5.12. The molecule has 0 amide bonds. The van der Waals surface area contributed by atoms with E-state index in [0.29, 0.717) is 22.9 Å². The van der Waals surface area contributed by atoms with E-state index in [-0.39, 0.29) is 6.61 Å². The van der Waals surface area contributed by atoms with Gasteiger partial charge in [-0.3, -0.25) is 0 Å². The molecule has 0 saturated heterocycles. The van der Waals surface area contributed by atoms with Crippen LogP contribution in [-0.4, -0.2) is 32.3 Å². The minimum atomic E-state index is -0.108. The SMILES string of the molecule is CCC(C)N1CCc2c(CO)nc3c(C#N)cnn3c21. The predicted octanol–water partition coefficient (Wildman–Crippen LogP) is 1.25. The maximum atomic E-state index is 9.55. The molecule has 2 aromatic heterocycles. The lowest BCUT2D eigenvalue weighted by atomic mass is 10.2. The van der Waals surface area contributed by atoms with Crippen molar-refractivity contribution in [2.45, 2.75) is 39.3 Å². The number of aliphatic hydroxyl groups is 1. The third kappa shape index (κ3) is 1.67. The largest absolute Gasteiger partial charge is 0.390 e. The van der Waals surface area contributed by atoms with Gasteiger partial charge in [0, 0.05) is 18.2 Å².